The van der Waals surface area contributed by atoms with Gasteiger partial charge in [-0.1, -0.05) is 12.1 Å². The summed E-state index contributed by atoms with van der Waals surface area (Å²) >= 11 is 0. The van der Waals surface area contributed by atoms with Crippen molar-refractivity contribution >= 4 is 5.97 Å². The molecule has 0 amide bonds. The highest BCUT2D eigenvalue weighted by molar-refractivity contribution is 5.70. The van der Waals surface area contributed by atoms with E-state index in [0.29, 0.717) is 6.54 Å². The molecular weight excluding hydrogens is 218 g/mol. The van der Waals surface area contributed by atoms with Gasteiger partial charge < -0.3 is 15.2 Å². The lowest BCUT2D eigenvalue weighted by molar-refractivity contribution is -0.141. The number of carbonyl (C=O) groups is 1. The summed E-state index contributed by atoms with van der Waals surface area (Å²) in [5, 5.41) is 0. The van der Waals surface area contributed by atoms with Crippen LogP contribution in [0.4, 0.5) is 0 Å². The van der Waals surface area contributed by atoms with Gasteiger partial charge in [0.15, 0.2) is 0 Å². The first-order valence-corrected chi connectivity index (χ1v) is 5.53. The molecule has 0 heterocycles. The fourth-order valence-electron chi connectivity index (χ4n) is 1.76. The van der Waals surface area contributed by atoms with Gasteiger partial charge in [-0.25, -0.2) is 0 Å². The first-order chi connectivity index (χ1) is 8.12. The standard InChI is InChI=1S/C13H19NO3/c1-9-4-5-11(12(6-9)16-2)10(8-14)7-13(15)17-3/h4-6,10H,7-8,14H2,1-3H3. The SMILES string of the molecule is COC(=O)CC(CN)c1ccc(C)cc1OC. The van der Waals surface area contributed by atoms with Crippen LogP contribution >= 0.6 is 0 Å². The van der Waals surface area contributed by atoms with E-state index in [1.807, 2.05) is 25.1 Å². The third-order valence-electron chi connectivity index (χ3n) is 2.75. The molecule has 2 N–H and O–H groups in total. The predicted molar refractivity (Wildman–Crippen MR) is 66.2 cm³/mol. The van der Waals surface area contributed by atoms with Crippen molar-refractivity contribution in [2.75, 3.05) is 20.8 Å². The van der Waals surface area contributed by atoms with Crippen LogP contribution in [0.25, 0.3) is 0 Å². The van der Waals surface area contributed by atoms with E-state index in [2.05, 4.69) is 4.74 Å². The highest BCUT2D eigenvalue weighted by Crippen LogP contribution is 2.29. The normalized spacial score (nSPS) is 12.0. The molecule has 4 heteroatoms. The smallest absolute Gasteiger partial charge is 0.306 e. The Morgan fingerprint density at radius 3 is 2.65 bits per heavy atom. The fraction of sp³-hybridized carbons (Fsp3) is 0.462. The van der Waals surface area contributed by atoms with Crippen LogP contribution in [-0.2, 0) is 9.53 Å². The van der Waals surface area contributed by atoms with E-state index in [9.17, 15) is 4.79 Å². The minimum Gasteiger partial charge on any atom is -0.496 e. The summed E-state index contributed by atoms with van der Waals surface area (Å²) in [6, 6.07) is 5.88. The van der Waals surface area contributed by atoms with Gasteiger partial charge in [-0.3, -0.25) is 4.79 Å². The van der Waals surface area contributed by atoms with Crippen LogP contribution in [0.5, 0.6) is 5.75 Å². The Hall–Kier alpha value is -1.55. The van der Waals surface area contributed by atoms with E-state index < -0.39 is 0 Å². The van der Waals surface area contributed by atoms with E-state index >= 15 is 0 Å². The Morgan fingerprint density at radius 1 is 1.41 bits per heavy atom. The highest BCUT2D eigenvalue weighted by atomic mass is 16.5. The second kappa shape index (κ2) is 6.25. The fourth-order valence-corrected chi connectivity index (χ4v) is 1.76. The third kappa shape index (κ3) is 3.46. The summed E-state index contributed by atoms with van der Waals surface area (Å²) in [6.07, 6.45) is 0.270. The second-order valence-corrected chi connectivity index (χ2v) is 3.96. The molecule has 17 heavy (non-hydrogen) atoms. The number of hydrogen-bond donors (Lipinski definition) is 1. The monoisotopic (exact) mass is 237 g/mol. The van der Waals surface area contributed by atoms with Crippen molar-refractivity contribution in [1.82, 2.24) is 0 Å². The molecule has 0 bridgehead atoms. The molecule has 0 aliphatic carbocycles. The van der Waals surface area contributed by atoms with Crippen LogP contribution in [0, 0.1) is 6.92 Å². The van der Waals surface area contributed by atoms with Crippen molar-refractivity contribution in [2.24, 2.45) is 5.73 Å². The van der Waals surface area contributed by atoms with Gasteiger partial charge in [0.2, 0.25) is 0 Å². The number of benzene rings is 1. The van der Waals surface area contributed by atoms with Crippen molar-refractivity contribution in [3.05, 3.63) is 29.3 Å². The number of ether oxygens (including phenoxy) is 2. The predicted octanol–water partition coefficient (Wildman–Crippen LogP) is 1.61. The molecule has 0 aliphatic rings. The van der Waals surface area contributed by atoms with E-state index in [1.54, 1.807) is 7.11 Å². The average Bonchev–Trinajstić information content (AvgIpc) is 2.35. The first-order valence-electron chi connectivity index (χ1n) is 5.53. The van der Waals surface area contributed by atoms with E-state index in [-0.39, 0.29) is 18.3 Å². The third-order valence-corrected chi connectivity index (χ3v) is 2.75. The minimum absolute atomic E-state index is 0.0713. The van der Waals surface area contributed by atoms with Gasteiger partial charge in [0.1, 0.15) is 5.75 Å². The Kier molecular flexibility index (Phi) is 4.97. The van der Waals surface area contributed by atoms with Crippen LogP contribution in [0.1, 0.15) is 23.5 Å². The summed E-state index contributed by atoms with van der Waals surface area (Å²) in [4.78, 5) is 11.3. The van der Waals surface area contributed by atoms with Crippen molar-refractivity contribution in [2.45, 2.75) is 19.3 Å². The topological polar surface area (TPSA) is 61.5 Å². The van der Waals surface area contributed by atoms with Crippen LogP contribution in [0.2, 0.25) is 0 Å². The number of methoxy groups -OCH3 is 2. The number of carbonyl (C=O) groups excluding carboxylic acids is 1. The highest BCUT2D eigenvalue weighted by Gasteiger charge is 2.18. The molecule has 0 saturated heterocycles. The molecule has 4 nitrogen and oxygen atoms in total. The van der Waals surface area contributed by atoms with Gasteiger partial charge in [-0.2, -0.15) is 0 Å². The molecule has 1 unspecified atom stereocenters. The van der Waals surface area contributed by atoms with Gasteiger partial charge in [-0.05, 0) is 30.7 Å². The summed E-state index contributed by atoms with van der Waals surface area (Å²) in [5.74, 6) is 0.436. The van der Waals surface area contributed by atoms with Gasteiger partial charge in [0, 0.05) is 5.92 Å². The summed E-state index contributed by atoms with van der Waals surface area (Å²) in [6.45, 7) is 2.37. The molecule has 94 valence electrons. The molecule has 1 aromatic rings. The van der Waals surface area contributed by atoms with Gasteiger partial charge in [0.25, 0.3) is 0 Å². The number of esters is 1. The van der Waals surface area contributed by atoms with Crippen molar-refractivity contribution in [1.29, 1.82) is 0 Å². The molecule has 0 fully saturated rings. The second-order valence-electron chi connectivity index (χ2n) is 3.96. The lowest BCUT2D eigenvalue weighted by atomic mass is 9.94. The van der Waals surface area contributed by atoms with Gasteiger partial charge in [0.05, 0.1) is 20.6 Å². The van der Waals surface area contributed by atoms with Crippen LogP contribution < -0.4 is 10.5 Å². The molecule has 1 rings (SSSR count). The Balaban J connectivity index is 2.98. The van der Waals surface area contributed by atoms with E-state index in [4.69, 9.17) is 10.5 Å². The van der Waals surface area contributed by atoms with Crippen molar-refractivity contribution < 1.29 is 14.3 Å². The number of hydrogen-bond acceptors (Lipinski definition) is 4. The molecule has 0 aliphatic heterocycles. The first kappa shape index (κ1) is 13.5. The van der Waals surface area contributed by atoms with Crippen molar-refractivity contribution in [3.63, 3.8) is 0 Å². The molecular formula is C13H19NO3. The molecule has 0 radical (unpaired) electrons. The summed E-state index contributed by atoms with van der Waals surface area (Å²) in [7, 11) is 2.99. The number of rotatable bonds is 5. The maximum Gasteiger partial charge on any atom is 0.306 e. The molecule has 1 atom stereocenters. The number of nitrogens with two attached hydrogens (primary N) is 1. The van der Waals surface area contributed by atoms with Crippen molar-refractivity contribution in [3.8, 4) is 5.75 Å². The molecule has 0 aromatic heterocycles. The van der Waals surface area contributed by atoms with Gasteiger partial charge in [-0.15, -0.1) is 0 Å². The lowest BCUT2D eigenvalue weighted by Crippen LogP contribution is -2.18. The molecule has 0 spiro atoms. The summed E-state index contributed by atoms with van der Waals surface area (Å²) < 4.78 is 9.98. The molecule has 1 aromatic carbocycles. The van der Waals surface area contributed by atoms with Crippen LogP contribution in [0.3, 0.4) is 0 Å². The zero-order chi connectivity index (χ0) is 12.8. The van der Waals surface area contributed by atoms with Crippen LogP contribution in [0.15, 0.2) is 18.2 Å². The maximum absolute atomic E-state index is 11.3. The summed E-state index contributed by atoms with van der Waals surface area (Å²) in [5.41, 5.74) is 7.77. The maximum atomic E-state index is 11.3. The van der Waals surface area contributed by atoms with E-state index in [1.165, 1.54) is 7.11 Å². The average molecular weight is 237 g/mol. The Labute approximate surface area is 102 Å². The van der Waals surface area contributed by atoms with Gasteiger partial charge >= 0.3 is 5.97 Å². The number of aryl methyl sites for hydroxylation is 1. The quantitative estimate of drug-likeness (QED) is 0.790. The Morgan fingerprint density at radius 2 is 2.12 bits per heavy atom. The minimum atomic E-state index is -0.261. The lowest BCUT2D eigenvalue weighted by Gasteiger charge is -2.17. The van der Waals surface area contributed by atoms with Crippen LogP contribution in [-0.4, -0.2) is 26.7 Å². The van der Waals surface area contributed by atoms with E-state index in [0.717, 1.165) is 16.9 Å². The largest absolute Gasteiger partial charge is 0.496 e. The zero-order valence-electron chi connectivity index (χ0n) is 10.5. The molecule has 0 saturated carbocycles. The zero-order valence-corrected chi connectivity index (χ0v) is 10.5. The Bertz CT molecular complexity index is 390.